The standard InChI is InChI=1S/C21H27N6O10P/c1-4-34-19(31)13(3)24-38(33,37-14-7-5-12(2)6-8-14)35-11-21(25-26-22)17(30)16(29)18(36-21)27-15(28)9-10-23-20(27)32/h5-10,13,16-18,29-30H,4,11H2,1-3H3,(H,23,32)(H,24,33)/t13-,16+,17-,18+,21+,38?/m0/s1. The van der Waals surface area contributed by atoms with Crippen molar-refractivity contribution >= 4 is 13.7 Å². The Morgan fingerprint density at radius 3 is 2.63 bits per heavy atom. The molecule has 0 bridgehead atoms. The number of aliphatic hydroxyl groups excluding tert-OH is 2. The van der Waals surface area contributed by atoms with Crippen LogP contribution in [0.15, 0.2) is 51.2 Å². The molecule has 1 saturated heterocycles. The van der Waals surface area contributed by atoms with E-state index in [0.717, 1.165) is 17.8 Å². The Balaban J connectivity index is 1.94. The van der Waals surface area contributed by atoms with Crippen molar-refractivity contribution in [1.82, 2.24) is 14.6 Å². The van der Waals surface area contributed by atoms with Gasteiger partial charge in [0.25, 0.3) is 5.56 Å². The second kappa shape index (κ2) is 11.9. The predicted octanol–water partition coefficient (Wildman–Crippen LogP) is 0.847. The molecule has 2 heterocycles. The molecule has 3 rings (SSSR count). The van der Waals surface area contributed by atoms with Crippen LogP contribution in [0.5, 0.6) is 5.75 Å². The Hall–Kier alpha value is -3.49. The number of hydrogen-bond donors (Lipinski definition) is 4. The van der Waals surface area contributed by atoms with E-state index in [-0.39, 0.29) is 12.4 Å². The Kier molecular flexibility index (Phi) is 9.12. The summed E-state index contributed by atoms with van der Waals surface area (Å²) in [5, 5.41) is 27.1. The van der Waals surface area contributed by atoms with Crippen LogP contribution in [0.4, 0.5) is 0 Å². The van der Waals surface area contributed by atoms with Gasteiger partial charge >= 0.3 is 19.4 Å². The lowest BCUT2D eigenvalue weighted by molar-refractivity contribution is -0.144. The second-order valence-electron chi connectivity index (χ2n) is 8.25. The van der Waals surface area contributed by atoms with Gasteiger partial charge in [0.2, 0.25) is 5.72 Å². The van der Waals surface area contributed by atoms with Gasteiger partial charge in [-0.25, -0.2) is 13.9 Å². The topological polar surface area (TPSA) is 227 Å². The third-order valence-corrected chi connectivity index (χ3v) is 7.06. The predicted molar refractivity (Wildman–Crippen MR) is 130 cm³/mol. The molecule has 38 heavy (non-hydrogen) atoms. The van der Waals surface area contributed by atoms with E-state index in [9.17, 15) is 29.2 Å². The minimum Gasteiger partial charge on any atom is -0.465 e. The molecule has 1 aliphatic rings. The quantitative estimate of drug-likeness (QED) is 0.100. The summed E-state index contributed by atoms with van der Waals surface area (Å²) in [6.07, 6.45) is -4.74. The molecule has 0 aliphatic carbocycles. The number of nitrogens with one attached hydrogen (secondary N) is 2. The second-order valence-corrected chi connectivity index (χ2v) is 9.94. The van der Waals surface area contributed by atoms with Crippen LogP contribution >= 0.6 is 7.75 Å². The van der Waals surface area contributed by atoms with Crippen molar-refractivity contribution in [3.8, 4) is 5.75 Å². The van der Waals surface area contributed by atoms with Crippen LogP contribution in [0.1, 0.15) is 25.6 Å². The van der Waals surface area contributed by atoms with Gasteiger partial charge in [0, 0.05) is 17.2 Å². The summed E-state index contributed by atoms with van der Waals surface area (Å²) in [4.78, 5) is 41.4. The monoisotopic (exact) mass is 554 g/mol. The third-order valence-electron chi connectivity index (χ3n) is 5.44. The maximum atomic E-state index is 13.7. The van der Waals surface area contributed by atoms with Gasteiger partial charge < -0.3 is 29.2 Å². The van der Waals surface area contributed by atoms with E-state index in [1.807, 2.05) is 6.92 Å². The maximum absolute atomic E-state index is 13.7. The number of esters is 1. The molecule has 17 heteroatoms. The molecular formula is C21H27N6O10P. The highest BCUT2D eigenvalue weighted by Gasteiger charge is 2.57. The molecule has 206 valence electrons. The van der Waals surface area contributed by atoms with E-state index in [1.54, 1.807) is 19.1 Å². The molecule has 0 amide bonds. The number of benzene rings is 1. The number of rotatable bonds is 11. The van der Waals surface area contributed by atoms with Crippen molar-refractivity contribution in [3.63, 3.8) is 0 Å². The highest BCUT2D eigenvalue weighted by molar-refractivity contribution is 7.52. The fraction of sp³-hybridized carbons (Fsp3) is 0.476. The van der Waals surface area contributed by atoms with E-state index in [1.165, 1.54) is 19.1 Å². The molecule has 6 atom stereocenters. The summed E-state index contributed by atoms with van der Waals surface area (Å²) in [6, 6.07) is 6.07. The van der Waals surface area contributed by atoms with Crippen LogP contribution in [-0.4, -0.2) is 62.9 Å². The minimum absolute atomic E-state index is 0.0477. The van der Waals surface area contributed by atoms with Crippen molar-refractivity contribution in [2.24, 2.45) is 5.11 Å². The Morgan fingerprint density at radius 1 is 1.34 bits per heavy atom. The highest BCUT2D eigenvalue weighted by Crippen LogP contribution is 2.48. The first-order chi connectivity index (χ1) is 17.9. The average Bonchev–Trinajstić information content (AvgIpc) is 3.10. The zero-order chi connectivity index (χ0) is 28.1. The molecule has 1 aromatic heterocycles. The Morgan fingerprint density at radius 2 is 2.03 bits per heavy atom. The number of hydrogen-bond acceptors (Lipinski definition) is 11. The zero-order valence-corrected chi connectivity index (χ0v) is 21.5. The lowest BCUT2D eigenvalue weighted by Crippen LogP contribution is -2.46. The number of nitrogens with zero attached hydrogens (tertiary/aromatic N) is 4. The number of carbonyl (C=O) groups excluding carboxylic acids is 1. The van der Waals surface area contributed by atoms with Crippen LogP contribution in [0.25, 0.3) is 10.4 Å². The van der Waals surface area contributed by atoms with Gasteiger partial charge in [-0.05, 0) is 38.4 Å². The van der Waals surface area contributed by atoms with E-state index < -0.39 is 61.8 Å². The van der Waals surface area contributed by atoms with Gasteiger partial charge in [-0.15, -0.1) is 0 Å². The van der Waals surface area contributed by atoms with Gasteiger partial charge in [-0.2, -0.15) is 5.09 Å². The van der Waals surface area contributed by atoms with Crippen LogP contribution in [0.2, 0.25) is 0 Å². The van der Waals surface area contributed by atoms with Crippen molar-refractivity contribution in [1.29, 1.82) is 0 Å². The summed E-state index contributed by atoms with van der Waals surface area (Å²) in [7, 11) is -4.51. The van der Waals surface area contributed by atoms with Crippen LogP contribution in [0.3, 0.4) is 0 Å². The summed E-state index contributed by atoms with van der Waals surface area (Å²) in [5.41, 5.74) is 5.68. The Labute approximate surface area is 215 Å². The molecule has 1 aliphatic heterocycles. The molecular weight excluding hydrogens is 527 g/mol. The summed E-state index contributed by atoms with van der Waals surface area (Å²) in [5.74, 6) is -0.697. The number of H-pyrrole nitrogens is 1. The number of aromatic nitrogens is 2. The number of ether oxygens (including phenoxy) is 2. The maximum Gasteiger partial charge on any atom is 0.459 e. The van der Waals surface area contributed by atoms with E-state index >= 15 is 0 Å². The van der Waals surface area contributed by atoms with Crippen LogP contribution < -0.4 is 20.9 Å². The van der Waals surface area contributed by atoms with E-state index in [2.05, 4.69) is 20.1 Å². The number of aliphatic hydroxyl groups is 2. The number of carbonyl (C=O) groups is 1. The molecule has 1 fully saturated rings. The first kappa shape index (κ1) is 29.1. The van der Waals surface area contributed by atoms with Crippen molar-refractivity contribution in [3.05, 3.63) is 73.4 Å². The smallest absolute Gasteiger partial charge is 0.459 e. The number of aromatic amines is 1. The molecule has 16 nitrogen and oxygen atoms in total. The number of azide groups is 1. The molecule has 0 spiro atoms. The lowest BCUT2D eigenvalue weighted by Gasteiger charge is -2.29. The summed E-state index contributed by atoms with van der Waals surface area (Å²) >= 11 is 0. The zero-order valence-electron chi connectivity index (χ0n) is 20.6. The van der Waals surface area contributed by atoms with E-state index in [0.29, 0.717) is 4.57 Å². The SMILES string of the molecule is CCOC(=O)[C@H](C)NP(=O)(OC[C@@]1(N=[N+]=[N-])O[C@@H](n2c(=O)cc[nH]c2=O)[C@H](O)[C@@H]1O)Oc1ccc(C)cc1. The highest BCUT2D eigenvalue weighted by atomic mass is 31.2. The van der Waals surface area contributed by atoms with Crippen LogP contribution in [-0.2, 0) is 23.4 Å². The molecule has 2 aromatic rings. The van der Waals surface area contributed by atoms with E-state index in [4.69, 9.17) is 24.1 Å². The molecule has 1 unspecified atom stereocenters. The summed E-state index contributed by atoms with van der Waals surface area (Å²) in [6.45, 7) is 3.78. The van der Waals surface area contributed by atoms with Crippen LogP contribution in [0, 0.1) is 6.92 Å². The van der Waals surface area contributed by atoms with Gasteiger partial charge in [-0.3, -0.25) is 14.1 Å². The van der Waals surface area contributed by atoms with Gasteiger partial charge in [0.15, 0.2) is 6.23 Å². The third kappa shape index (κ3) is 6.31. The summed E-state index contributed by atoms with van der Waals surface area (Å²) < 4.78 is 35.6. The lowest BCUT2D eigenvalue weighted by atomic mass is 10.1. The average molecular weight is 554 g/mol. The van der Waals surface area contributed by atoms with Crippen molar-refractivity contribution in [2.75, 3.05) is 13.2 Å². The van der Waals surface area contributed by atoms with Crippen molar-refractivity contribution in [2.45, 2.75) is 51.0 Å². The molecule has 0 saturated carbocycles. The Bertz CT molecular complexity index is 1330. The van der Waals surface area contributed by atoms with Gasteiger partial charge in [0.1, 0.15) is 24.0 Å². The molecule has 4 N–H and O–H groups in total. The fourth-order valence-corrected chi connectivity index (χ4v) is 5.03. The van der Waals surface area contributed by atoms with Gasteiger partial charge in [-0.1, -0.05) is 22.8 Å². The first-order valence-corrected chi connectivity index (χ1v) is 12.8. The van der Waals surface area contributed by atoms with Gasteiger partial charge in [0.05, 0.1) is 13.2 Å². The largest absolute Gasteiger partial charge is 0.465 e. The van der Waals surface area contributed by atoms with Crippen molar-refractivity contribution < 1.29 is 38.1 Å². The number of aryl methyl sites for hydroxylation is 1. The first-order valence-electron chi connectivity index (χ1n) is 11.3. The molecule has 1 aromatic carbocycles. The fourth-order valence-electron chi connectivity index (χ4n) is 3.52. The minimum atomic E-state index is -4.51. The normalized spacial score (nSPS) is 25.1. The molecule has 0 radical (unpaired) electrons.